The monoisotopic (exact) mass is 259 g/mol. The quantitative estimate of drug-likeness (QED) is 0.837. The average Bonchev–Trinajstić information content (AvgIpc) is 2.43. The van der Waals surface area contributed by atoms with Crippen molar-refractivity contribution in [3.8, 4) is 5.75 Å². The fourth-order valence-electron chi connectivity index (χ4n) is 1.68. The van der Waals surface area contributed by atoms with Gasteiger partial charge in [0.2, 0.25) is 0 Å². The van der Waals surface area contributed by atoms with Crippen LogP contribution in [0, 0.1) is 5.82 Å². The van der Waals surface area contributed by atoms with Crippen molar-refractivity contribution in [2.24, 2.45) is 0 Å². The van der Waals surface area contributed by atoms with E-state index in [1.165, 1.54) is 17.0 Å². The second kappa shape index (κ2) is 6.00. The highest BCUT2D eigenvalue weighted by atomic mass is 19.1. The third-order valence-corrected chi connectivity index (χ3v) is 2.62. The number of hydrogen-bond acceptors (Lipinski definition) is 2. The lowest BCUT2D eigenvalue weighted by Crippen LogP contribution is -2.33. The molecule has 2 aromatic carbocycles. The maximum absolute atomic E-state index is 12.9. The van der Waals surface area contributed by atoms with E-state index in [9.17, 15) is 9.18 Å². The van der Waals surface area contributed by atoms with E-state index < -0.39 is 6.09 Å². The first-order valence-corrected chi connectivity index (χ1v) is 6.00. The molecule has 0 saturated carbocycles. The molecule has 0 atom stereocenters. The second-order valence-electron chi connectivity index (χ2n) is 3.90. The van der Waals surface area contributed by atoms with E-state index in [1.54, 1.807) is 36.4 Å². The minimum Gasteiger partial charge on any atom is -0.410 e. The Bertz CT molecular complexity index is 540. The van der Waals surface area contributed by atoms with Crippen molar-refractivity contribution in [2.75, 3.05) is 11.4 Å². The van der Waals surface area contributed by atoms with Gasteiger partial charge in [0.05, 0.1) is 0 Å². The number of para-hydroxylation sites is 1. The standard InChI is InChI=1S/C15H14FNO2/c1-2-17(13-10-8-12(16)9-11-13)15(18)19-14-6-4-3-5-7-14/h3-11H,2H2,1H3. The van der Waals surface area contributed by atoms with E-state index in [4.69, 9.17) is 4.74 Å². The van der Waals surface area contributed by atoms with Crippen LogP contribution in [-0.4, -0.2) is 12.6 Å². The molecule has 0 aliphatic heterocycles. The molecule has 2 rings (SSSR count). The molecular weight excluding hydrogens is 245 g/mol. The van der Waals surface area contributed by atoms with Crippen LogP contribution >= 0.6 is 0 Å². The lowest BCUT2D eigenvalue weighted by Gasteiger charge is -2.20. The Hall–Kier alpha value is -2.36. The van der Waals surface area contributed by atoms with Crippen LogP contribution in [-0.2, 0) is 0 Å². The van der Waals surface area contributed by atoms with E-state index in [1.807, 2.05) is 13.0 Å². The van der Waals surface area contributed by atoms with Gasteiger partial charge in [-0.1, -0.05) is 18.2 Å². The molecule has 0 fully saturated rings. The maximum Gasteiger partial charge on any atom is 0.419 e. The minimum absolute atomic E-state index is 0.337. The topological polar surface area (TPSA) is 29.5 Å². The first-order valence-electron chi connectivity index (χ1n) is 6.00. The zero-order valence-corrected chi connectivity index (χ0v) is 10.5. The van der Waals surface area contributed by atoms with Gasteiger partial charge in [-0.3, -0.25) is 4.90 Å². The number of halogens is 1. The number of carbonyl (C=O) groups excluding carboxylic acids is 1. The van der Waals surface area contributed by atoms with E-state index in [0.717, 1.165) is 0 Å². The molecule has 0 saturated heterocycles. The average molecular weight is 259 g/mol. The van der Waals surface area contributed by atoms with Gasteiger partial charge in [0.1, 0.15) is 11.6 Å². The number of amides is 1. The normalized spacial score (nSPS) is 10.0. The number of hydrogen-bond donors (Lipinski definition) is 0. The van der Waals surface area contributed by atoms with Crippen LogP contribution in [0.15, 0.2) is 54.6 Å². The molecule has 0 unspecified atom stereocenters. The van der Waals surface area contributed by atoms with Crippen LogP contribution in [0.4, 0.5) is 14.9 Å². The van der Waals surface area contributed by atoms with Crippen molar-refractivity contribution < 1.29 is 13.9 Å². The molecule has 4 heteroatoms. The number of nitrogens with zero attached hydrogens (tertiary/aromatic N) is 1. The summed E-state index contributed by atoms with van der Waals surface area (Å²) in [5.41, 5.74) is 0.602. The molecule has 3 nitrogen and oxygen atoms in total. The second-order valence-corrected chi connectivity index (χ2v) is 3.90. The summed E-state index contributed by atoms with van der Waals surface area (Å²) >= 11 is 0. The van der Waals surface area contributed by atoms with Crippen molar-refractivity contribution in [3.05, 3.63) is 60.4 Å². The number of rotatable bonds is 3. The first kappa shape index (κ1) is 13.1. The van der Waals surface area contributed by atoms with Crippen molar-refractivity contribution in [3.63, 3.8) is 0 Å². The lowest BCUT2D eigenvalue weighted by molar-refractivity contribution is 0.208. The summed E-state index contributed by atoms with van der Waals surface area (Å²) in [4.78, 5) is 13.5. The zero-order chi connectivity index (χ0) is 13.7. The summed E-state index contributed by atoms with van der Waals surface area (Å²) in [6.07, 6.45) is -0.486. The predicted molar refractivity (Wildman–Crippen MR) is 71.9 cm³/mol. The van der Waals surface area contributed by atoms with Gasteiger partial charge in [-0.2, -0.15) is 0 Å². The van der Waals surface area contributed by atoms with E-state index >= 15 is 0 Å². The van der Waals surface area contributed by atoms with Crippen LogP contribution < -0.4 is 9.64 Å². The Morgan fingerprint density at radius 1 is 1.11 bits per heavy atom. The van der Waals surface area contributed by atoms with Crippen LogP contribution in [0.5, 0.6) is 5.75 Å². The Kier molecular flexibility index (Phi) is 4.13. The minimum atomic E-state index is -0.486. The summed E-state index contributed by atoms with van der Waals surface area (Å²) in [6.45, 7) is 2.27. The highest BCUT2D eigenvalue weighted by molar-refractivity contribution is 5.89. The molecule has 98 valence electrons. The van der Waals surface area contributed by atoms with Gasteiger partial charge in [0.15, 0.2) is 0 Å². The molecular formula is C15H14FNO2. The molecule has 0 aliphatic carbocycles. The fourth-order valence-corrected chi connectivity index (χ4v) is 1.68. The van der Waals surface area contributed by atoms with Crippen LogP contribution in [0.25, 0.3) is 0 Å². The summed E-state index contributed by atoms with van der Waals surface area (Å²) < 4.78 is 18.1. The fraction of sp³-hybridized carbons (Fsp3) is 0.133. The van der Waals surface area contributed by atoms with Gasteiger partial charge in [-0.15, -0.1) is 0 Å². The summed E-state index contributed by atoms with van der Waals surface area (Å²) in [7, 11) is 0. The van der Waals surface area contributed by atoms with E-state index in [0.29, 0.717) is 18.0 Å². The number of ether oxygens (including phenoxy) is 1. The van der Waals surface area contributed by atoms with Gasteiger partial charge < -0.3 is 4.74 Å². The summed E-state index contributed by atoms with van der Waals surface area (Å²) in [6, 6.07) is 14.5. The van der Waals surface area contributed by atoms with Gasteiger partial charge >= 0.3 is 6.09 Å². The molecule has 0 aliphatic rings. The van der Waals surface area contributed by atoms with Gasteiger partial charge in [0, 0.05) is 12.2 Å². The molecule has 0 heterocycles. The van der Waals surface area contributed by atoms with Gasteiger partial charge in [-0.05, 0) is 43.3 Å². The third kappa shape index (κ3) is 3.31. The Morgan fingerprint density at radius 2 is 1.74 bits per heavy atom. The van der Waals surface area contributed by atoms with Crippen LogP contribution in [0.2, 0.25) is 0 Å². The first-order chi connectivity index (χ1) is 9.20. The van der Waals surface area contributed by atoms with Crippen molar-refractivity contribution in [1.82, 2.24) is 0 Å². The molecule has 0 spiro atoms. The lowest BCUT2D eigenvalue weighted by atomic mass is 10.3. The van der Waals surface area contributed by atoms with Crippen molar-refractivity contribution in [2.45, 2.75) is 6.92 Å². The Morgan fingerprint density at radius 3 is 2.32 bits per heavy atom. The largest absolute Gasteiger partial charge is 0.419 e. The van der Waals surface area contributed by atoms with E-state index in [2.05, 4.69) is 0 Å². The molecule has 0 aromatic heterocycles. The number of carbonyl (C=O) groups is 1. The molecule has 0 N–H and O–H groups in total. The Balaban J connectivity index is 2.13. The zero-order valence-electron chi connectivity index (χ0n) is 10.5. The van der Waals surface area contributed by atoms with Crippen molar-refractivity contribution >= 4 is 11.8 Å². The molecule has 2 aromatic rings. The van der Waals surface area contributed by atoms with Crippen molar-refractivity contribution in [1.29, 1.82) is 0 Å². The summed E-state index contributed by atoms with van der Waals surface area (Å²) in [5.74, 6) is 0.143. The predicted octanol–water partition coefficient (Wildman–Crippen LogP) is 3.85. The smallest absolute Gasteiger partial charge is 0.410 e. The SMILES string of the molecule is CCN(C(=O)Oc1ccccc1)c1ccc(F)cc1. The molecule has 0 radical (unpaired) electrons. The third-order valence-electron chi connectivity index (χ3n) is 2.62. The van der Waals surface area contributed by atoms with Gasteiger partial charge in [-0.25, -0.2) is 9.18 Å². The van der Waals surface area contributed by atoms with Crippen LogP contribution in [0.3, 0.4) is 0 Å². The maximum atomic E-state index is 12.9. The highest BCUT2D eigenvalue weighted by Gasteiger charge is 2.16. The molecule has 19 heavy (non-hydrogen) atoms. The Labute approximate surface area is 111 Å². The number of anilines is 1. The van der Waals surface area contributed by atoms with Crippen LogP contribution in [0.1, 0.15) is 6.92 Å². The number of benzene rings is 2. The molecule has 1 amide bonds. The summed E-state index contributed by atoms with van der Waals surface area (Å²) in [5, 5.41) is 0. The van der Waals surface area contributed by atoms with Gasteiger partial charge in [0.25, 0.3) is 0 Å². The van der Waals surface area contributed by atoms with E-state index in [-0.39, 0.29) is 5.82 Å². The molecule has 0 bridgehead atoms. The highest BCUT2D eigenvalue weighted by Crippen LogP contribution is 2.17.